The van der Waals surface area contributed by atoms with E-state index in [1.807, 2.05) is 0 Å². The summed E-state index contributed by atoms with van der Waals surface area (Å²) in [7, 11) is 0. The molecule has 2 rings (SSSR count). The van der Waals surface area contributed by atoms with Crippen molar-refractivity contribution in [2.45, 2.75) is 89.2 Å². The smallest absolute Gasteiger partial charge is 0.242 e. The fourth-order valence-electron chi connectivity index (χ4n) is 3.35. The van der Waals surface area contributed by atoms with Crippen LogP contribution in [0.15, 0.2) is 0 Å². The van der Waals surface area contributed by atoms with Gasteiger partial charge in [0.1, 0.15) is 30.2 Å². The minimum atomic E-state index is -0.996. The van der Waals surface area contributed by atoms with Crippen molar-refractivity contribution in [2.24, 2.45) is 0 Å². The molecule has 13 nitrogen and oxygen atoms in total. The van der Waals surface area contributed by atoms with Crippen molar-refractivity contribution in [2.75, 3.05) is 5.75 Å². The first-order valence-corrected chi connectivity index (χ1v) is 12.5. The van der Waals surface area contributed by atoms with E-state index in [0.717, 1.165) is 0 Å². The average molecular weight is 514 g/mol. The van der Waals surface area contributed by atoms with Crippen LogP contribution < -0.4 is 37.2 Å². The molecule has 6 amide bonds. The van der Waals surface area contributed by atoms with Crippen LogP contribution >= 0.6 is 11.8 Å². The average Bonchev–Trinajstić information content (AvgIpc) is 3.28. The quantitative estimate of drug-likeness (QED) is 0.179. The first-order chi connectivity index (χ1) is 16.3. The Morgan fingerprint density at radius 3 is 1.20 bits per heavy atom. The van der Waals surface area contributed by atoms with Crippen molar-refractivity contribution in [3.05, 3.63) is 0 Å². The first kappa shape index (κ1) is 28.4. The molecule has 0 aromatic carbocycles. The highest BCUT2D eigenvalue weighted by atomic mass is 32.2. The maximum atomic E-state index is 12.6. The van der Waals surface area contributed by atoms with Gasteiger partial charge in [0, 0.05) is 5.75 Å². The highest BCUT2D eigenvalue weighted by Crippen LogP contribution is 2.22. The SMILES string of the molecule is CC1NC(=O)C(C)NC(=O)C(C)NC(=O)C2CSC(N2)C(C)NC(=O)C(C)NC(=O)C(C)NC1=O. The lowest BCUT2D eigenvalue weighted by molar-refractivity contribution is -0.134. The van der Waals surface area contributed by atoms with Gasteiger partial charge in [0.15, 0.2) is 0 Å². The Morgan fingerprint density at radius 1 is 0.514 bits per heavy atom. The summed E-state index contributed by atoms with van der Waals surface area (Å²) in [6.45, 7) is 9.13. The van der Waals surface area contributed by atoms with Crippen LogP contribution in [0.3, 0.4) is 0 Å². The second-order valence-electron chi connectivity index (χ2n) is 8.92. The second-order valence-corrected chi connectivity index (χ2v) is 10.1. The lowest BCUT2D eigenvalue weighted by atomic mass is 10.2. The summed E-state index contributed by atoms with van der Waals surface area (Å²) in [6, 6.07) is -5.67. The monoisotopic (exact) mass is 513 g/mol. The zero-order valence-corrected chi connectivity index (χ0v) is 21.5. The molecule has 8 unspecified atom stereocenters. The Balaban J connectivity index is 2.18. The molecule has 0 aliphatic carbocycles. The van der Waals surface area contributed by atoms with E-state index in [2.05, 4.69) is 37.2 Å². The molecule has 8 atom stereocenters. The molecule has 2 aliphatic rings. The van der Waals surface area contributed by atoms with Crippen LogP contribution in [0.5, 0.6) is 0 Å². The summed E-state index contributed by atoms with van der Waals surface area (Å²) >= 11 is 1.45. The van der Waals surface area contributed by atoms with Crippen LogP contribution in [-0.4, -0.2) is 88.9 Å². The van der Waals surface area contributed by atoms with Crippen LogP contribution in [0.2, 0.25) is 0 Å². The Kier molecular flexibility index (Phi) is 9.89. The van der Waals surface area contributed by atoms with Gasteiger partial charge < -0.3 is 31.9 Å². The molecule has 2 saturated heterocycles. The van der Waals surface area contributed by atoms with Crippen molar-refractivity contribution < 1.29 is 28.8 Å². The highest BCUT2D eigenvalue weighted by Gasteiger charge is 2.35. The summed E-state index contributed by atoms with van der Waals surface area (Å²) < 4.78 is 0. The normalized spacial score (nSPS) is 36.5. The number of nitrogens with one attached hydrogen (secondary N) is 7. The number of thioether (sulfide) groups is 1. The fraction of sp³-hybridized carbons (Fsp3) is 0.714. The maximum Gasteiger partial charge on any atom is 0.242 e. The zero-order chi connectivity index (χ0) is 26.4. The van der Waals surface area contributed by atoms with E-state index in [1.54, 1.807) is 6.92 Å². The van der Waals surface area contributed by atoms with E-state index < -0.39 is 65.8 Å². The van der Waals surface area contributed by atoms with Crippen molar-refractivity contribution in [1.29, 1.82) is 0 Å². The van der Waals surface area contributed by atoms with Crippen LogP contribution in [-0.2, 0) is 28.8 Å². The predicted octanol–water partition coefficient (Wildman–Crippen LogP) is -2.94. The third kappa shape index (κ3) is 7.82. The lowest BCUT2D eigenvalue weighted by Gasteiger charge is -2.24. The zero-order valence-electron chi connectivity index (χ0n) is 20.7. The number of carbonyl (C=O) groups is 6. The van der Waals surface area contributed by atoms with Crippen LogP contribution in [0.4, 0.5) is 0 Å². The minimum Gasteiger partial charge on any atom is -0.349 e. The molecule has 0 radical (unpaired) electrons. The highest BCUT2D eigenvalue weighted by molar-refractivity contribution is 8.00. The first-order valence-electron chi connectivity index (χ1n) is 11.5. The van der Waals surface area contributed by atoms with Gasteiger partial charge in [0.05, 0.1) is 17.5 Å². The summed E-state index contributed by atoms with van der Waals surface area (Å²) in [5.41, 5.74) is 0. The van der Waals surface area contributed by atoms with E-state index in [1.165, 1.54) is 46.4 Å². The summed E-state index contributed by atoms with van der Waals surface area (Å²) in [4.78, 5) is 75.0. The number of hydrogen-bond donors (Lipinski definition) is 7. The van der Waals surface area contributed by atoms with Gasteiger partial charge >= 0.3 is 0 Å². The fourth-order valence-corrected chi connectivity index (χ4v) is 4.62. The number of hydrogen-bond acceptors (Lipinski definition) is 8. The summed E-state index contributed by atoms with van der Waals surface area (Å²) in [5, 5.41) is 18.3. The molecule has 35 heavy (non-hydrogen) atoms. The van der Waals surface area contributed by atoms with E-state index in [9.17, 15) is 28.8 Å². The molecule has 14 heteroatoms. The van der Waals surface area contributed by atoms with Crippen molar-refractivity contribution >= 4 is 47.2 Å². The van der Waals surface area contributed by atoms with Crippen LogP contribution in [0.25, 0.3) is 0 Å². The number of carbonyl (C=O) groups excluding carboxylic acids is 6. The standard InChI is InChI=1S/C21H35N7O6S/c1-8-15(29)23-9(2)17(31)25-11(4)19(33)27-13(6)21-28-14(7-35-21)20(34)26-12(5)18(32)24-10(3)16(30)22-8/h8-14,21,28H,7H2,1-6H3,(H,22,30)(H,23,29)(H,24,32)(H,25,31)(H,26,34)(H,27,33). The van der Waals surface area contributed by atoms with Gasteiger partial charge in [-0.05, 0) is 41.5 Å². The van der Waals surface area contributed by atoms with Gasteiger partial charge in [0.2, 0.25) is 35.4 Å². The van der Waals surface area contributed by atoms with Gasteiger partial charge in [-0.2, -0.15) is 0 Å². The lowest BCUT2D eigenvalue weighted by Crippen LogP contribution is -2.57. The Bertz CT molecular complexity index is 871. The summed E-state index contributed by atoms with van der Waals surface area (Å²) in [6.07, 6.45) is 0. The second kappa shape index (κ2) is 12.2. The van der Waals surface area contributed by atoms with E-state index >= 15 is 0 Å². The van der Waals surface area contributed by atoms with Crippen molar-refractivity contribution in [3.63, 3.8) is 0 Å². The van der Waals surface area contributed by atoms with Crippen LogP contribution in [0.1, 0.15) is 41.5 Å². The molecule has 2 fully saturated rings. The minimum absolute atomic E-state index is 0.265. The molecular formula is C21H35N7O6S. The number of fused-ring (bicyclic) bond motifs is 2. The maximum absolute atomic E-state index is 12.6. The third-order valence-corrected chi connectivity index (χ3v) is 7.14. The molecule has 0 saturated carbocycles. The molecule has 0 spiro atoms. The van der Waals surface area contributed by atoms with Crippen molar-refractivity contribution in [3.8, 4) is 0 Å². The largest absolute Gasteiger partial charge is 0.349 e. The van der Waals surface area contributed by atoms with E-state index in [0.29, 0.717) is 5.75 Å². The number of rotatable bonds is 0. The Morgan fingerprint density at radius 2 is 0.829 bits per heavy atom. The Labute approximate surface area is 208 Å². The molecule has 2 aliphatic heterocycles. The molecule has 2 bridgehead atoms. The molecular weight excluding hydrogens is 478 g/mol. The third-order valence-electron chi connectivity index (χ3n) is 5.71. The summed E-state index contributed by atoms with van der Waals surface area (Å²) in [5.74, 6) is -2.74. The van der Waals surface area contributed by atoms with Gasteiger partial charge in [-0.15, -0.1) is 11.8 Å². The number of amides is 6. The molecule has 196 valence electrons. The van der Waals surface area contributed by atoms with Crippen LogP contribution in [0, 0.1) is 0 Å². The molecule has 0 aromatic rings. The van der Waals surface area contributed by atoms with Gasteiger partial charge in [-0.25, -0.2) is 0 Å². The van der Waals surface area contributed by atoms with E-state index in [4.69, 9.17) is 0 Å². The topological polar surface area (TPSA) is 187 Å². The van der Waals surface area contributed by atoms with Gasteiger partial charge in [-0.1, -0.05) is 0 Å². The molecule has 7 N–H and O–H groups in total. The van der Waals surface area contributed by atoms with E-state index in [-0.39, 0.29) is 17.3 Å². The Hall–Kier alpha value is -2.87. The van der Waals surface area contributed by atoms with Crippen molar-refractivity contribution in [1.82, 2.24) is 37.2 Å². The molecule has 2 heterocycles. The molecule has 0 aromatic heterocycles. The predicted molar refractivity (Wildman–Crippen MR) is 129 cm³/mol. The van der Waals surface area contributed by atoms with Gasteiger partial charge in [-0.3, -0.25) is 34.1 Å². The van der Waals surface area contributed by atoms with Gasteiger partial charge in [0.25, 0.3) is 0 Å².